The Balaban J connectivity index is 2.22. The highest BCUT2D eigenvalue weighted by molar-refractivity contribution is 7.10. The highest BCUT2D eigenvalue weighted by Crippen LogP contribution is 2.27. The quantitative estimate of drug-likeness (QED) is 0.887. The van der Waals surface area contributed by atoms with Gasteiger partial charge in [0.2, 0.25) is 0 Å². The zero-order chi connectivity index (χ0) is 12.4. The number of rotatable bonds is 3. The van der Waals surface area contributed by atoms with Gasteiger partial charge in [-0.05, 0) is 35.6 Å². The maximum Gasteiger partial charge on any atom is 0.162 e. The van der Waals surface area contributed by atoms with Crippen LogP contribution in [0.1, 0.15) is 22.1 Å². The SMILES string of the molecule is Cc1ccsc1C(O)Cc1cccc(F)c1F. The molecule has 1 N–H and O–H groups in total. The molecule has 0 saturated heterocycles. The van der Waals surface area contributed by atoms with Gasteiger partial charge in [-0.25, -0.2) is 8.78 Å². The molecule has 2 rings (SSSR count). The maximum atomic E-state index is 13.4. The summed E-state index contributed by atoms with van der Waals surface area (Å²) >= 11 is 1.42. The highest BCUT2D eigenvalue weighted by Gasteiger charge is 2.16. The second kappa shape index (κ2) is 4.94. The first-order chi connectivity index (χ1) is 8.09. The molecule has 1 unspecified atom stereocenters. The van der Waals surface area contributed by atoms with E-state index < -0.39 is 17.7 Å². The molecule has 1 aromatic heterocycles. The van der Waals surface area contributed by atoms with Gasteiger partial charge < -0.3 is 5.11 Å². The minimum absolute atomic E-state index is 0.0882. The van der Waals surface area contributed by atoms with Gasteiger partial charge >= 0.3 is 0 Å². The molecule has 0 saturated carbocycles. The highest BCUT2D eigenvalue weighted by atomic mass is 32.1. The van der Waals surface area contributed by atoms with Crippen LogP contribution in [0.4, 0.5) is 8.78 Å². The molecule has 2 aromatic rings. The molecule has 0 aliphatic carbocycles. The summed E-state index contributed by atoms with van der Waals surface area (Å²) in [7, 11) is 0. The fraction of sp³-hybridized carbons (Fsp3) is 0.231. The lowest BCUT2D eigenvalue weighted by Crippen LogP contribution is -2.04. The number of halogens is 2. The van der Waals surface area contributed by atoms with Crippen LogP contribution in [0.3, 0.4) is 0 Å². The van der Waals surface area contributed by atoms with Crippen molar-refractivity contribution >= 4 is 11.3 Å². The average molecular weight is 254 g/mol. The fourth-order valence-electron chi connectivity index (χ4n) is 1.73. The van der Waals surface area contributed by atoms with E-state index in [0.717, 1.165) is 16.5 Å². The van der Waals surface area contributed by atoms with Crippen LogP contribution in [-0.4, -0.2) is 5.11 Å². The van der Waals surface area contributed by atoms with Crippen LogP contribution >= 0.6 is 11.3 Å². The van der Waals surface area contributed by atoms with Gasteiger partial charge in [-0.15, -0.1) is 11.3 Å². The summed E-state index contributed by atoms with van der Waals surface area (Å²) in [5, 5.41) is 11.9. The van der Waals surface area contributed by atoms with E-state index >= 15 is 0 Å². The first kappa shape index (κ1) is 12.2. The number of hydrogen-bond acceptors (Lipinski definition) is 2. The second-order valence-corrected chi connectivity index (χ2v) is 4.85. The summed E-state index contributed by atoms with van der Waals surface area (Å²) in [4.78, 5) is 0.800. The first-order valence-corrected chi connectivity index (χ1v) is 6.12. The molecule has 0 fully saturated rings. The maximum absolute atomic E-state index is 13.4. The van der Waals surface area contributed by atoms with E-state index in [1.54, 1.807) is 0 Å². The van der Waals surface area contributed by atoms with E-state index in [4.69, 9.17) is 0 Å². The third-order valence-corrected chi connectivity index (χ3v) is 3.77. The van der Waals surface area contributed by atoms with Gasteiger partial charge in [-0.1, -0.05) is 12.1 Å². The molecule has 4 heteroatoms. The molecule has 0 aliphatic heterocycles. The molecular weight excluding hydrogens is 242 g/mol. The lowest BCUT2D eigenvalue weighted by molar-refractivity contribution is 0.180. The van der Waals surface area contributed by atoms with Crippen LogP contribution in [0, 0.1) is 18.6 Å². The Morgan fingerprint density at radius 3 is 2.71 bits per heavy atom. The van der Waals surface area contributed by atoms with Crippen LogP contribution < -0.4 is 0 Å². The summed E-state index contributed by atoms with van der Waals surface area (Å²) in [6, 6.07) is 5.90. The minimum Gasteiger partial charge on any atom is -0.387 e. The Labute approximate surface area is 102 Å². The number of thiophene rings is 1. The summed E-state index contributed by atoms with van der Waals surface area (Å²) in [5.41, 5.74) is 1.17. The lowest BCUT2D eigenvalue weighted by Gasteiger charge is -2.11. The predicted molar refractivity (Wildman–Crippen MR) is 64.1 cm³/mol. The Hall–Kier alpha value is -1.26. The van der Waals surface area contributed by atoms with Crippen molar-refractivity contribution in [2.45, 2.75) is 19.4 Å². The molecule has 0 radical (unpaired) electrons. The van der Waals surface area contributed by atoms with Crippen molar-refractivity contribution in [2.24, 2.45) is 0 Å². The lowest BCUT2D eigenvalue weighted by atomic mass is 10.0. The number of aliphatic hydroxyl groups is 1. The number of hydrogen-bond donors (Lipinski definition) is 1. The predicted octanol–water partition coefficient (Wildman–Crippen LogP) is 3.61. The van der Waals surface area contributed by atoms with Gasteiger partial charge in [0.1, 0.15) is 0 Å². The third kappa shape index (κ3) is 2.53. The van der Waals surface area contributed by atoms with Gasteiger partial charge in [-0.3, -0.25) is 0 Å². The molecule has 17 heavy (non-hydrogen) atoms. The normalized spacial score (nSPS) is 12.7. The zero-order valence-corrected chi connectivity index (χ0v) is 10.1. The number of aryl methyl sites for hydroxylation is 1. The topological polar surface area (TPSA) is 20.2 Å². The van der Waals surface area contributed by atoms with Gasteiger partial charge in [-0.2, -0.15) is 0 Å². The third-order valence-electron chi connectivity index (χ3n) is 2.65. The van der Waals surface area contributed by atoms with Gasteiger partial charge in [0.05, 0.1) is 6.10 Å². The van der Waals surface area contributed by atoms with Crippen molar-refractivity contribution in [3.05, 3.63) is 57.3 Å². The van der Waals surface area contributed by atoms with E-state index in [2.05, 4.69) is 0 Å². The largest absolute Gasteiger partial charge is 0.387 e. The van der Waals surface area contributed by atoms with Crippen LogP contribution in [0.5, 0.6) is 0 Å². The van der Waals surface area contributed by atoms with E-state index in [9.17, 15) is 13.9 Å². The molecular formula is C13H12F2OS. The van der Waals surface area contributed by atoms with Crippen LogP contribution in [0.2, 0.25) is 0 Å². The molecule has 0 aliphatic rings. The second-order valence-electron chi connectivity index (χ2n) is 3.90. The van der Waals surface area contributed by atoms with Crippen molar-refractivity contribution in [1.29, 1.82) is 0 Å². The fourth-order valence-corrected chi connectivity index (χ4v) is 2.65. The van der Waals surface area contributed by atoms with Gasteiger partial charge in [0.15, 0.2) is 11.6 Å². The van der Waals surface area contributed by atoms with Crippen LogP contribution in [0.25, 0.3) is 0 Å². The zero-order valence-electron chi connectivity index (χ0n) is 9.28. The van der Waals surface area contributed by atoms with Gasteiger partial charge in [0.25, 0.3) is 0 Å². The Kier molecular flexibility index (Phi) is 3.54. The standard InChI is InChI=1S/C13H12F2OS/c1-8-5-6-17-13(8)11(16)7-9-3-2-4-10(14)12(9)15/h2-6,11,16H,7H2,1H3. The van der Waals surface area contributed by atoms with Crippen molar-refractivity contribution in [3.63, 3.8) is 0 Å². The molecule has 0 bridgehead atoms. The molecule has 1 nitrogen and oxygen atoms in total. The van der Waals surface area contributed by atoms with Crippen molar-refractivity contribution in [2.75, 3.05) is 0 Å². The van der Waals surface area contributed by atoms with Crippen molar-refractivity contribution in [1.82, 2.24) is 0 Å². The number of benzene rings is 1. The molecule has 1 aromatic carbocycles. The average Bonchev–Trinajstić information content (AvgIpc) is 2.71. The number of aliphatic hydroxyl groups excluding tert-OH is 1. The van der Waals surface area contributed by atoms with E-state index in [1.807, 2.05) is 18.4 Å². The smallest absolute Gasteiger partial charge is 0.162 e. The Morgan fingerprint density at radius 1 is 1.29 bits per heavy atom. The van der Waals surface area contributed by atoms with Crippen LogP contribution in [0.15, 0.2) is 29.6 Å². The summed E-state index contributed by atoms with van der Waals surface area (Å²) in [6.07, 6.45) is -0.698. The van der Waals surface area contributed by atoms with Gasteiger partial charge in [0, 0.05) is 11.3 Å². The van der Waals surface area contributed by atoms with E-state index in [0.29, 0.717) is 0 Å². The first-order valence-electron chi connectivity index (χ1n) is 5.24. The van der Waals surface area contributed by atoms with Crippen molar-refractivity contribution in [3.8, 4) is 0 Å². The summed E-state index contributed by atoms with van der Waals surface area (Å²) in [5.74, 6) is -1.75. The summed E-state index contributed by atoms with van der Waals surface area (Å²) < 4.78 is 26.4. The minimum atomic E-state index is -0.877. The molecule has 1 heterocycles. The molecule has 90 valence electrons. The molecule has 0 spiro atoms. The monoisotopic (exact) mass is 254 g/mol. The van der Waals surface area contributed by atoms with E-state index in [1.165, 1.54) is 23.5 Å². The Bertz CT molecular complexity index is 522. The van der Waals surface area contributed by atoms with E-state index in [-0.39, 0.29) is 12.0 Å². The van der Waals surface area contributed by atoms with Crippen LogP contribution in [-0.2, 0) is 6.42 Å². The molecule has 1 atom stereocenters. The molecule has 0 amide bonds. The summed E-state index contributed by atoms with van der Waals surface area (Å²) in [6.45, 7) is 1.89. The Morgan fingerprint density at radius 2 is 2.06 bits per heavy atom. The van der Waals surface area contributed by atoms with Crippen molar-refractivity contribution < 1.29 is 13.9 Å².